The van der Waals surface area contributed by atoms with Crippen LogP contribution in [0.15, 0.2) is 0 Å². The summed E-state index contributed by atoms with van der Waals surface area (Å²) in [4.78, 5) is 11.6. The fraction of sp³-hybridized carbons (Fsp3) is 0.929. The van der Waals surface area contributed by atoms with Gasteiger partial charge in [0.2, 0.25) is 10.0 Å². The Labute approximate surface area is 125 Å². The van der Waals surface area contributed by atoms with Crippen molar-refractivity contribution < 1.29 is 23.1 Å². The topological polar surface area (TPSA) is 83.9 Å². The molecule has 5 atom stereocenters. The highest BCUT2D eigenvalue weighted by Crippen LogP contribution is 2.43. The Morgan fingerprint density at radius 1 is 1.24 bits per heavy atom. The molecule has 2 aliphatic heterocycles. The van der Waals surface area contributed by atoms with Crippen LogP contribution in [0, 0.1) is 5.92 Å². The predicted octanol–water partition coefficient (Wildman–Crippen LogP) is 1.21. The Morgan fingerprint density at radius 2 is 1.95 bits per heavy atom. The first-order valence-electron chi connectivity index (χ1n) is 7.79. The minimum Gasteiger partial charge on any atom is -0.480 e. The number of carboxylic acid groups (broad SMARTS) is 1. The van der Waals surface area contributed by atoms with Gasteiger partial charge in [0.05, 0.1) is 6.10 Å². The standard InChI is InChI=1S/C14H23NO5S/c1-9-13(6-7-20-9)21(18,19)15-11-5-3-2-4-10(11)8-12(15)14(16)17/h9-13H,2-8H2,1H3,(H,16,17). The molecule has 0 spiro atoms. The van der Waals surface area contributed by atoms with E-state index < -0.39 is 27.3 Å². The largest absolute Gasteiger partial charge is 0.480 e. The lowest BCUT2D eigenvalue weighted by Crippen LogP contribution is -2.51. The maximum absolute atomic E-state index is 13.0. The fourth-order valence-corrected chi connectivity index (χ4v) is 6.71. The summed E-state index contributed by atoms with van der Waals surface area (Å²) in [5, 5.41) is 8.87. The molecule has 3 rings (SSSR count). The smallest absolute Gasteiger partial charge is 0.322 e. The number of fused-ring (bicyclic) bond motifs is 1. The number of ether oxygens (including phenoxy) is 1. The van der Waals surface area contributed by atoms with E-state index in [1.165, 1.54) is 4.31 Å². The van der Waals surface area contributed by atoms with Gasteiger partial charge in [-0.25, -0.2) is 8.42 Å². The summed E-state index contributed by atoms with van der Waals surface area (Å²) in [5.41, 5.74) is 0. The molecule has 7 heteroatoms. The van der Waals surface area contributed by atoms with Crippen LogP contribution in [0.3, 0.4) is 0 Å². The van der Waals surface area contributed by atoms with E-state index in [1.54, 1.807) is 6.92 Å². The summed E-state index contributed by atoms with van der Waals surface area (Å²) < 4.78 is 32.7. The number of carbonyl (C=O) groups is 1. The van der Waals surface area contributed by atoms with Gasteiger partial charge in [-0.1, -0.05) is 12.8 Å². The van der Waals surface area contributed by atoms with Crippen molar-refractivity contribution in [2.75, 3.05) is 6.61 Å². The second-order valence-electron chi connectivity index (χ2n) is 6.48. The summed E-state index contributed by atoms with van der Waals surface area (Å²) in [6.07, 6.45) is 4.35. The highest BCUT2D eigenvalue weighted by atomic mass is 32.2. The van der Waals surface area contributed by atoms with Gasteiger partial charge in [0.15, 0.2) is 0 Å². The highest BCUT2D eigenvalue weighted by molar-refractivity contribution is 7.89. The van der Waals surface area contributed by atoms with E-state index in [4.69, 9.17) is 4.74 Å². The van der Waals surface area contributed by atoms with Crippen LogP contribution in [-0.2, 0) is 19.6 Å². The molecule has 6 nitrogen and oxygen atoms in total. The highest BCUT2D eigenvalue weighted by Gasteiger charge is 2.54. The van der Waals surface area contributed by atoms with E-state index in [-0.39, 0.29) is 18.1 Å². The average Bonchev–Trinajstić information content (AvgIpc) is 3.02. The number of hydrogen-bond donors (Lipinski definition) is 1. The van der Waals surface area contributed by atoms with Crippen molar-refractivity contribution >= 4 is 16.0 Å². The lowest BCUT2D eigenvalue weighted by atomic mass is 9.85. The van der Waals surface area contributed by atoms with E-state index in [0.717, 1.165) is 25.7 Å². The van der Waals surface area contributed by atoms with E-state index in [1.807, 2.05) is 0 Å². The number of aliphatic carboxylic acids is 1. The van der Waals surface area contributed by atoms with Gasteiger partial charge in [-0.05, 0) is 38.5 Å². The van der Waals surface area contributed by atoms with Crippen LogP contribution >= 0.6 is 0 Å². The normalized spacial score (nSPS) is 41.1. The van der Waals surface area contributed by atoms with E-state index in [2.05, 4.69) is 0 Å². The molecule has 1 N–H and O–H groups in total. The number of carboxylic acids is 1. The molecule has 3 aliphatic rings. The Hall–Kier alpha value is -0.660. The summed E-state index contributed by atoms with van der Waals surface area (Å²) in [6, 6.07) is -1.02. The molecule has 2 saturated heterocycles. The molecule has 21 heavy (non-hydrogen) atoms. The predicted molar refractivity (Wildman–Crippen MR) is 76.4 cm³/mol. The van der Waals surface area contributed by atoms with Crippen molar-refractivity contribution in [3.8, 4) is 0 Å². The molecule has 0 aromatic rings. The first kappa shape index (κ1) is 15.2. The summed E-state index contributed by atoms with van der Waals surface area (Å²) in [5.74, 6) is -0.813. The molecular formula is C14H23NO5S. The van der Waals surface area contributed by atoms with Gasteiger partial charge in [0.25, 0.3) is 0 Å². The SMILES string of the molecule is CC1OCCC1S(=O)(=O)N1C(C(=O)O)CC2CCCCC21. The number of rotatable bonds is 3. The molecule has 1 aliphatic carbocycles. The second kappa shape index (κ2) is 5.52. The minimum atomic E-state index is -3.62. The Balaban J connectivity index is 1.94. The Bertz CT molecular complexity index is 519. The second-order valence-corrected chi connectivity index (χ2v) is 8.54. The Morgan fingerprint density at radius 3 is 2.57 bits per heavy atom. The van der Waals surface area contributed by atoms with Crippen molar-refractivity contribution in [2.45, 2.75) is 68.9 Å². The van der Waals surface area contributed by atoms with Crippen molar-refractivity contribution in [3.63, 3.8) is 0 Å². The van der Waals surface area contributed by atoms with Crippen LogP contribution < -0.4 is 0 Å². The summed E-state index contributed by atoms with van der Waals surface area (Å²) >= 11 is 0. The van der Waals surface area contributed by atoms with Crippen LogP contribution in [0.1, 0.15) is 45.4 Å². The number of nitrogens with zero attached hydrogens (tertiary/aromatic N) is 1. The quantitative estimate of drug-likeness (QED) is 0.846. The summed E-state index contributed by atoms with van der Waals surface area (Å²) in [6.45, 7) is 2.20. The van der Waals surface area contributed by atoms with Crippen LogP contribution in [-0.4, -0.2) is 53.8 Å². The third kappa shape index (κ3) is 2.49. The number of sulfonamides is 1. The maximum atomic E-state index is 13.0. The van der Waals surface area contributed by atoms with Crippen molar-refractivity contribution in [1.82, 2.24) is 4.31 Å². The van der Waals surface area contributed by atoms with Gasteiger partial charge in [0.1, 0.15) is 11.3 Å². The molecule has 5 unspecified atom stereocenters. The van der Waals surface area contributed by atoms with Gasteiger partial charge in [-0.2, -0.15) is 4.31 Å². The zero-order valence-corrected chi connectivity index (χ0v) is 13.1. The van der Waals surface area contributed by atoms with Crippen LogP contribution in [0.4, 0.5) is 0 Å². The molecule has 0 amide bonds. The lowest BCUT2D eigenvalue weighted by molar-refractivity contribution is -0.141. The Kier molecular flexibility index (Phi) is 4.00. The minimum absolute atomic E-state index is 0.127. The third-order valence-electron chi connectivity index (χ3n) is 5.30. The van der Waals surface area contributed by atoms with Crippen LogP contribution in [0.2, 0.25) is 0 Å². The lowest BCUT2D eigenvalue weighted by Gasteiger charge is -2.34. The third-order valence-corrected chi connectivity index (χ3v) is 7.79. The average molecular weight is 317 g/mol. The molecule has 0 bridgehead atoms. The van der Waals surface area contributed by atoms with E-state index >= 15 is 0 Å². The van der Waals surface area contributed by atoms with Gasteiger partial charge in [-0.3, -0.25) is 4.79 Å². The van der Waals surface area contributed by atoms with Gasteiger partial charge in [-0.15, -0.1) is 0 Å². The van der Waals surface area contributed by atoms with E-state index in [9.17, 15) is 18.3 Å². The molecule has 0 radical (unpaired) electrons. The molecule has 0 aromatic carbocycles. The zero-order valence-electron chi connectivity index (χ0n) is 12.3. The van der Waals surface area contributed by atoms with Gasteiger partial charge < -0.3 is 9.84 Å². The molecule has 3 fully saturated rings. The summed E-state index contributed by atoms with van der Waals surface area (Å²) in [7, 11) is -3.62. The van der Waals surface area contributed by atoms with Crippen molar-refractivity contribution in [2.24, 2.45) is 5.92 Å². The monoisotopic (exact) mass is 317 g/mol. The fourth-order valence-electron chi connectivity index (χ4n) is 4.26. The first-order chi connectivity index (χ1) is 9.93. The maximum Gasteiger partial charge on any atom is 0.322 e. The molecule has 2 heterocycles. The van der Waals surface area contributed by atoms with Crippen LogP contribution in [0.5, 0.6) is 0 Å². The molecule has 1 saturated carbocycles. The first-order valence-corrected chi connectivity index (χ1v) is 9.30. The molecular weight excluding hydrogens is 294 g/mol. The number of hydrogen-bond acceptors (Lipinski definition) is 4. The van der Waals surface area contributed by atoms with Crippen molar-refractivity contribution in [1.29, 1.82) is 0 Å². The van der Waals surface area contributed by atoms with Crippen LogP contribution in [0.25, 0.3) is 0 Å². The zero-order chi connectivity index (χ0) is 15.2. The molecule has 120 valence electrons. The van der Waals surface area contributed by atoms with Gasteiger partial charge in [0, 0.05) is 12.6 Å². The van der Waals surface area contributed by atoms with E-state index in [0.29, 0.717) is 19.4 Å². The molecule has 0 aromatic heterocycles. The van der Waals surface area contributed by atoms with Gasteiger partial charge >= 0.3 is 5.97 Å². The van der Waals surface area contributed by atoms with Crippen molar-refractivity contribution in [3.05, 3.63) is 0 Å².